The molecule has 0 radical (unpaired) electrons. The van der Waals surface area contributed by atoms with Gasteiger partial charge in [-0.2, -0.15) is 0 Å². The van der Waals surface area contributed by atoms with E-state index in [1.807, 2.05) is 32.4 Å². The lowest BCUT2D eigenvalue weighted by molar-refractivity contribution is 0.462. The first-order valence-corrected chi connectivity index (χ1v) is 7.94. The van der Waals surface area contributed by atoms with E-state index in [0.29, 0.717) is 6.54 Å². The molecule has 0 saturated carbocycles. The molecule has 0 fully saturated rings. The van der Waals surface area contributed by atoms with Gasteiger partial charge in [0.15, 0.2) is 5.96 Å². The molecule has 132 valence electrons. The summed E-state index contributed by atoms with van der Waals surface area (Å²) in [6, 6.07) is 10.8. The van der Waals surface area contributed by atoms with Gasteiger partial charge >= 0.3 is 0 Å². The standard InChI is InChI=1S/C18H25FN4.HI/c1-4-20-18(23(3)14-17-9-6-12-22(17)2)21-11-10-15-7-5-8-16(19)13-15;/h5-9,12-13H,4,10-11,14H2,1-3H3,(H,20,21);1H. The first-order valence-electron chi connectivity index (χ1n) is 7.94. The van der Waals surface area contributed by atoms with Crippen molar-refractivity contribution in [3.8, 4) is 0 Å². The van der Waals surface area contributed by atoms with Crippen molar-refractivity contribution >= 4 is 29.9 Å². The number of rotatable bonds is 6. The van der Waals surface area contributed by atoms with Crippen molar-refractivity contribution in [1.29, 1.82) is 0 Å². The van der Waals surface area contributed by atoms with Crippen LogP contribution in [0.25, 0.3) is 0 Å². The van der Waals surface area contributed by atoms with Gasteiger partial charge in [0.1, 0.15) is 5.82 Å². The molecule has 24 heavy (non-hydrogen) atoms. The lowest BCUT2D eigenvalue weighted by Gasteiger charge is -2.22. The second-order valence-electron chi connectivity index (χ2n) is 5.58. The Morgan fingerprint density at radius 1 is 1.29 bits per heavy atom. The minimum atomic E-state index is -0.195. The minimum Gasteiger partial charge on any atom is -0.357 e. The Morgan fingerprint density at radius 2 is 2.08 bits per heavy atom. The number of halogens is 2. The highest BCUT2D eigenvalue weighted by atomic mass is 127. The van der Waals surface area contributed by atoms with E-state index in [4.69, 9.17) is 0 Å². The quantitative estimate of drug-likeness (QED) is 0.421. The fourth-order valence-corrected chi connectivity index (χ4v) is 2.43. The first-order chi connectivity index (χ1) is 11.1. The zero-order valence-corrected chi connectivity index (χ0v) is 16.8. The number of aryl methyl sites for hydroxylation is 1. The van der Waals surface area contributed by atoms with E-state index in [1.165, 1.54) is 11.8 Å². The molecule has 0 unspecified atom stereocenters. The molecule has 0 bridgehead atoms. The van der Waals surface area contributed by atoms with Crippen LogP contribution in [-0.2, 0) is 20.0 Å². The normalized spacial score (nSPS) is 11.1. The van der Waals surface area contributed by atoms with Crippen LogP contribution in [0.15, 0.2) is 47.6 Å². The summed E-state index contributed by atoms with van der Waals surface area (Å²) < 4.78 is 15.3. The van der Waals surface area contributed by atoms with Crippen molar-refractivity contribution in [2.24, 2.45) is 12.0 Å². The maximum atomic E-state index is 13.2. The van der Waals surface area contributed by atoms with Crippen LogP contribution in [0.1, 0.15) is 18.2 Å². The summed E-state index contributed by atoms with van der Waals surface area (Å²) in [6.07, 6.45) is 2.77. The summed E-state index contributed by atoms with van der Waals surface area (Å²) in [7, 11) is 4.06. The summed E-state index contributed by atoms with van der Waals surface area (Å²) in [5, 5.41) is 3.30. The van der Waals surface area contributed by atoms with E-state index in [1.54, 1.807) is 12.1 Å². The van der Waals surface area contributed by atoms with E-state index in [2.05, 4.69) is 32.8 Å². The smallest absolute Gasteiger partial charge is 0.194 e. The van der Waals surface area contributed by atoms with Gasteiger partial charge in [0.2, 0.25) is 0 Å². The summed E-state index contributed by atoms with van der Waals surface area (Å²) in [5.74, 6) is 0.671. The van der Waals surface area contributed by atoms with Gasteiger partial charge < -0.3 is 14.8 Å². The van der Waals surface area contributed by atoms with Crippen molar-refractivity contribution in [1.82, 2.24) is 14.8 Å². The number of nitrogens with one attached hydrogen (secondary N) is 1. The summed E-state index contributed by atoms with van der Waals surface area (Å²) >= 11 is 0. The molecule has 0 spiro atoms. The number of benzene rings is 1. The zero-order chi connectivity index (χ0) is 16.7. The van der Waals surface area contributed by atoms with Gasteiger partial charge in [0, 0.05) is 39.1 Å². The van der Waals surface area contributed by atoms with Crippen LogP contribution in [0, 0.1) is 5.82 Å². The lowest BCUT2D eigenvalue weighted by Crippen LogP contribution is -2.39. The molecule has 0 aliphatic rings. The monoisotopic (exact) mass is 444 g/mol. The van der Waals surface area contributed by atoms with Gasteiger partial charge in [-0.05, 0) is 43.2 Å². The van der Waals surface area contributed by atoms with E-state index in [-0.39, 0.29) is 29.8 Å². The molecule has 2 rings (SSSR count). The van der Waals surface area contributed by atoms with Crippen molar-refractivity contribution in [3.63, 3.8) is 0 Å². The van der Waals surface area contributed by atoms with Crippen molar-refractivity contribution in [3.05, 3.63) is 59.7 Å². The third-order valence-corrected chi connectivity index (χ3v) is 3.70. The van der Waals surface area contributed by atoms with Crippen LogP contribution in [0.3, 0.4) is 0 Å². The SMILES string of the molecule is CCNC(=NCCc1cccc(F)c1)N(C)Cc1cccn1C.I. The molecule has 0 aliphatic heterocycles. The third-order valence-electron chi connectivity index (χ3n) is 3.70. The summed E-state index contributed by atoms with van der Waals surface area (Å²) in [6.45, 7) is 4.29. The molecule has 0 atom stereocenters. The van der Waals surface area contributed by atoms with Crippen LogP contribution >= 0.6 is 24.0 Å². The van der Waals surface area contributed by atoms with Gasteiger partial charge in [0.05, 0.1) is 6.54 Å². The predicted octanol–water partition coefficient (Wildman–Crippen LogP) is 3.42. The molecule has 1 N–H and O–H groups in total. The van der Waals surface area contributed by atoms with E-state index in [9.17, 15) is 4.39 Å². The summed E-state index contributed by atoms with van der Waals surface area (Å²) in [5.41, 5.74) is 2.19. The Morgan fingerprint density at radius 3 is 2.71 bits per heavy atom. The molecule has 1 aromatic carbocycles. The van der Waals surface area contributed by atoms with Gasteiger partial charge in [0.25, 0.3) is 0 Å². The average molecular weight is 444 g/mol. The molecule has 1 aromatic heterocycles. The molecule has 0 saturated heterocycles. The number of hydrogen-bond acceptors (Lipinski definition) is 1. The lowest BCUT2D eigenvalue weighted by atomic mass is 10.1. The van der Waals surface area contributed by atoms with Crippen molar-refractivity contribution in [2.45, 2.75) is 19.9 Å². The number of nitrogens with zero attached hydrogens (tertiary/aromatic N) is 3. The summed E-state index contributed by atoms with van der Waals surface area (Å²) in [4.78, 5) is 6.75. The van der Waals surface area contributed by atoms with Gasteiger partial charge in [-0.1, -0.05) is 12.1 Å². The van der Waals surface area contributed by atoms with Gasteiger partial charge in [-0.25, -0.2) is 4.39 Å². The molecular formula is C18H26FIN4. The van der Waals surface area contributed by atoms with Crippen LogP contribution in [-0.4, -0.2) is 35.6 Å². The number of aromatic nitrogens is 1. The maximum Gasteiger partial charge on any atom is 0.194 e. The van der Waals surface area contributed by atoms with Crippen molar-refractivity contribution < 1.29 is 4.39 Å². The Balaban J connectivity index is 0.00000288. The predicted molar refractivity (Wildman–Crippen MR) is 108 cm³/mol. The molecule has 4 nitrogen and oxygen atoms in total. The van der Waals surface area contributed by atoms with Gasteiger partial charge in [-0.15, -0.1) is 24.0 Å². The largest absolute Gasteiger partial charge is 0.357 e. The molecule has 0 amide bonds. The van der Waals surface area contributed by atoms with E-state index >= 15 is 0 Å². The molecule has 0 aliphatic carbocycles. The highest BCUT2D eigenvalue weighted by molar-refractivity contribution is 14.0. The third kappa shape index (κ3) is 6.14. The molecule has 2 aromatic rings. The van der Waals surface area contributed by atoms with Gasteiger partial charge in [-0.3, -0.25) is 4.99 Å². The Labute approximate surface area is 160 Å². The van der Waals surface area contributed by atoms with Crippen LogP contribution in [0.5, 0.6) is 0 Å². The fourth-order valence-electron chi connectivity index (χ4n) is 2.43. The zero-order valence-electron chi connectivity index (χ0n) is 14.5. The van der Waals surface area contributed by atoms with Crippen molar-refractivity contribution in [2.75, 3.05) is 20.1 Å². The Bertz CT molecular complexity index is 654. The molecule has 6 heteroatoms. The molecular weight excluding hydrogens is 418 g/mol. The highest BCUT2D eigenvalue weighted by Gasteiger charge is 2.08. The first kappa shape index (κ1) is 20.5. The topological polar surface area (TPSA) is 32.6 Å². The number of hydrogen-bond donors (Lipinski definition) is 1. The number of aliphatic imine (C=N–C) groups is 1. The fraction of sp³-hybridized carbons (Fsp3) is 0.389. The second-order valence-corrected chi connectivity index (χ2v) is 5.58. The van der Waals surface area contributed by atoms with E-state index in [0.717, 1.165) is 31.0 Å². The second kappa shape index (κ2) is 10.3. The minimum absolute atomic E-state index is 0. The Hall–Kier alpha value is -1.57. The van der Waals surface area contributed by atoms with E-state index < -0.39 is 0 Å². The maximum absolute atomic E-state index is 13.2. The van der Waals surface area contributed by atoms with Crippen LogP contribution < -0.4 is 5.32 Å². The molecule has 1 heterocycles. The average Bonchev–Trinajstić information content (AvgIpc) is 2.91. The van der Waals surface area contributed by atoms with Crippen LogP contribution in [0.4, 0.5) is 4.39 Å². The highest BCUT2D eigenvalue weighted by Crippen LogP contribution is 2.06. The number of guanidine groups is 1. The van der Waals surface area contributed by atoms with Crippen LogP contribution in [0.2, 0.25) is 0 Å². The Kier molecular flexibility index (Phi) is 8.81.